The Morgan fingerprint density at radius 1 is 1.05 bits per heavy atom. The lowest BCUT2D eigenvalue weighted by Gasteiger charge is -2.10. The van der Waals surface area contributed by atoms with Crippen molar-refractivity contribution < 1.29 is 9.47 Å². The summed E-state index contributed by atoms with van der Waals surface area (Å²) in [6, 6.07) is 18.2. The molecule has 2 aromatic carbocycles. The van der Waals surface area contributed by atoms with Gasteiger partial charge in [0, 0.05) is 18.2 Å². The van der Waals surface area contributed by atoms with Crippen LogP contribution in [-0.4, -0.2) is 24.1 Å². The average Bonchev–Trinajstić information content (AvgIpc) is 3.03. The highest BCUT2D eigenvalue weighted by Gasteiger charge is 2.11. The van der Waals surface area contributed by atoms with E-state index in [1.54, 1.807) is 7.11 Å². The molecule has 0 aliphatic rings. The van der Waals surface area contributed by atoms with Gasteiger partial charge in [0.05, 0.1) is 11.4 Å². The summed E-state index contributed by atoms with van der Waals surface area (Å²) in [4.78, 5) is 0. The van der Waals surface area contributed by atoms with E-state index in [1.807, 2.05) is 55.5 Å². The topological polar surface area (TPSA) is 47.1 Å². The van der Waals surface area contributed by atoms with E-state index in [-0.39, 0.29) is 6.79 Å². The van der Waals surface area contributed by atoms with Gasteiger partial charge in [-0.15, -0.1) is 0 Å². The fourth-order valence-electron chi connectivity index (χ4n) is 2.31. The van der Waals surface area contributed by atoms with Crippen LogP contribution in [0.25, 0.3) is 22.5 Å². The van der Waals surface area contributed by atoms with Gasteiger partial charge < -0.3 is 9.47 Å². The van der Waals surface area contributed by atoms with Crippen molar-refractivity contribution in [2.45, 2.75) is 6.92 Å². The molecule has 0 aliphatic carbocycles. The standard InChI is InChI=1S/C18H18N2O2/c1-13-8-9-15(18(10-13)22-12-21-2)17-11-16(19-20-17)14-6-4-3-5-7-14/h3-11H,12H2,1-2H3,(H,19,20). The van der Waals surface area contributed by atoms with Crippen molar-refractivity contribution in [1.29, 1.82) is 0 Å². The maximum Gasteiger partial charge on any atom is 0.188 e. The molecule has 4 heteroatoms. The van der Waals surface area contributed by atoms with Gasteiger partial charge in [-0.1, -0.05) is 36.4 Å². The normalized spacial score (nSPS) is 10.6. The predicted molar refractivity (Wildman–Crippen MR) is 86.7 cm³/mol. The van der Waals surface area contributed by atoms with Crippen LogP contribution in [-0.2, 0) is 4.74 Å². The maximum absolute atomic E-state index is 5.67. The number of ether oxygens (including phenoxy) is 2. The van der Waals surface area contributed by atoms with Crippen LogP contribution < -0.4 is 4.74 Å². The molecular formula is C18H18N2O2. The number of benzene rings is 2. The molecule has 0 saturated heterocycles. The number of hydrogen-bond donors (Lipinski definition) is 1. The van der Waals surface area contributed by atoms with Crippen LogP contribution in [0.1, 0.15) is 5.56 Å². The summed E-state index contributed by atoms with van der Waals surface area (Å²) in [6.45, 7) is 2.25. The number of H-pyrrole nitrogens is 1. The number of rotatable bonds is 5. The van der Waals surface area contributed by atoms with E-state index in [9.17, 15) is 0 Å². The number of aromatic nitrogens is 2. The first-order valence-electron chi connectivity index (χ1n) is 7.11. The molecule has 0 fully saturated rings. The SMILES string of the molecule is COCOc1cc(C)ccc1-c1cc(-c2ccccc2)n[nH]1. The summed E-state index contributed by atoms with van der Waals surface area (Å²) < 4.78 is 10.7. The highest BCUT2D eigenvalue weighted by molar-refractivity contribution is 5.72. The molecule has 112 valence electrons. The minimum atomic E-state index is 0.218. The van der Waals surface area contributed by atoms with Crippen LogP contribution in [0.4, 0.5) is 0 Å². The molecule has 3 rings (SSSR count). The van der Waals surface area contributed by atoms with Gasteiger partial charge in [-0.25, -0.2) is 0 Å². The number of aromatic amines is 1. The lowest BCUT2D eigenvalue weighted by Crippen LogP contribution is -2.00. The van der Waals surface area contributed by atoms with E-state index in [4.69, 9.17) is 9.47 Å². The van der Waals surface area contributed by atoms with Gasteiger partial charge in [0.25, 0.3) is 0 Å². The van der Waals surface area contributed by atoms with Crippen molar-refractivity contribution in [2.24, 2.45) is 0 Å². The van der Waals surface area contributed by atoms with Crippen LogP contribution in [0.5, 0.6) is 5.75 Å². The molecule has 0 saturated carbocycles. The number of nitrogens with zero attached hydrogens (tertiary/aromatic N) is 1. The van der Waals surface area contributed by atoms with Crippen molar-refractivity contribution >= 4 is 0 Å². The molecule has 0 radical (unpaired) electrons. The zero-order chi connectivity index (χ0) is 15.4. The van der Waals surface area contributed by atoms with Gasteiger partial charge >= 0.3 is 0 Å². The quantitative estimate of drug-likeness (QED) is 0.723. The van der Waals surface area contributed by atoms with Crippen LogP contribution >= 0.6 is 0 Å². The van der Waals surface area contributed by atoms with Gasteiger partial charge in [-0.05, 0) is 30.7 Å². The maximum atomic E-state index is 5.67. The van der Waals surface area contributed by atoms with Gasteiger partial charge in [0.2, 0.25) is 0 Å². The lowest BCUT2D eigenvalue weighted by atomic mass is 10.1. The number of nitrogens with one attached hydrogen (secondary N) is 1. The van der Waals surface area contributed by atoms with Gasteiger partial charge in [0.1, 0.15) is 5.75 Å². The third-order valence-corrected chi connectivity index (χ3v) is 3.41. The van der Waals surface area contributed by atoms with Gasteiger partial charge in [-0.2, -0.15) is 5.10 Å². The summed E-state index contributed by atoms with van der Waals surface area (Å²) in [5.41, 5.74) is 5.02. The van der Waals surface area contributed by atoms with Crippen molar-refractivity contribution in [3.63, 3.8) is 0 Å². The Morgan fingerprint density at radius 3 is 2.64 bits per heavy atom. The molecule has 1 N–H and O–H groups in total. The Labute approximate surface area is 129 Å². The number of hydrogen-bond acceptors (Lipinski definition) is 3. The molecule has 1 heterocycles. The molecular weight excluding hydrogens is 276 g/mol. The average molecular weight is 294 g/mol. The van der Waals surface area contributed by atoms with Crippen molar-refractivity contribution in [3.8, 4) is 28.3 Å². The second-order valence-electron chi connectivity index (χ2n) is 5.08. The zero-order valence-electron chi connectivity index (χ0n) is 12.7. The molecule has 0 spiro atoms. The van der Waals surface area contributed by atoms with Crippen molar-refractivity contribution in [3.05, 3.63) is 60.2 Å². The summed E-state index contributed by atoms with van der Waals surface area (Å²) in [5.74, 6) is 0.783. The minimum Gasteiger partial charge on any atom is -0.467 e. The number of aryl methyl sites for hydroxylation is 1. The summed E-state index contributed by atoms with van der Waals surface area (Å²) >= 11 is 0. The van der Waals surface area contributed by atoms with E-state index in [2.05, 4.69) is 16.3 Å². The number of methoxy groups -OCH3 is 1. The third-order valence-electron chi connectivity index (χ3n) is 3.41. The molecule has 0 unspecified atom stereocenters. The van der Waals surface area contributed by atoms with Gasteiger partial charge in [0.15, 0.2) is 6.79 Å². The van der Waals surface area contributed by atoms with Gasteiger partial charge in [-0.3, -0.25) is 5.10 Å². The van der Waals surface area contributed by atoms with Crippen LogP contribution in [0.15, 0.2) is 54.6 Å². The van der Waals surface area contributed by atoms with Crippen LogP contribution in [0.2, 0.25) is 0 Å². The van der Waals surface area contributed by atoms with Crippen LogP contribution in [0, 0.1) is 6.92 Å². The highest BCUT2D eigenvalue weighted by atomic mass is 16.7. The zero-order valence-corrected chi connectivity index (χ0v) is 12.7. The first-order valence-corrected chi connectivity index (χ1v) is 7.11. The Morgan fingerprint density at radius 2 is 1.86 bits per heavy atom. The minimum absolute atomic E-state index is 0.218. The lowest BCUT2D eigenvalue weighted by molar-refractivity contribution is 0.0515. The monoisotopic (exact) mass is 294 g/mol. The van der Waals surface area contributed by atoms with E-state index >= 15 is 0 Å². The second-order valence-corrected chi connectivity index (χ2v) is 5.08. The smallest absolute Gasteiger partial charge is 0.188 e. The van der Waals surface area contributed by atoms with E-state index in [0.717, 1.165) is 33.8 Å². The molecule has 0 bridgehead atoms. The van der Waals surface area contributed by atoms with Crippen molar-refractivity contribution in [2.75, 3.05) is 13.9 Å². The Kier molecular flexibility index (Phi) is 4.21. The Hall–Kier alpha value is -2.59. The largest absolute Gasteiger partial charge is 0.467 e. The first-order chi connectivity index (χ1) is 10.8. The fraction of sp³-hybridized carbons (Fsp3) is 0.167. The Balaban J connectivity index is 1.96. The first kappa shape index (κ1) is 14.4. The second kappa shape index (κ2) is 6.45. The molecule has 3 aromatic rings. The van der Waals surface area contributed by atoms with E-state index in [0.29, 0.717) is 0 Å². The molecule has 1 aromatic heterocycles. The van der Waals surface area contributed by atoms with Crippen molar-refractivity contribution in [1.82, 2.24) is 10.2 Å². The summed E-state index contributed by atoms with van der Waals surface area (Å²) in [7, 11) is 1.61. The summed E-state index contributed by atoms with van der Waals surface area (Å²) in [6.07, 6.45) is 0. The fourth-order valence-corrected chi connectivity index (χ4v) is 2.31. The molecule has 0 aliphatic heterocycles. The predicted octanol–water partition coefficient (Wildman–Crippen LogP) is 4.03. The Bertz CT molecular complexity index is 751. The molecule has 22 heavy (non-hydrogen) atoms. The van der Waals surface area contributed by atoms with E-state index in [1.165, 1.54) is 0 Å². The third kappa shape index (κ3) is 3.02. The molecule has 4 nitrogen and oxygen atoms in total. The summed E-state index contributed by atoms with van der Waals surface area (Å²) in [5, 5.41) is 7.48. The van der Waals surface area contributed by atoms with E-state index < -0.39 is 0 Å². The van der Waals surface area contributed by atoms with Crippen LogP contribution in [0.3, 0.4) is 0 Å². The molecule has 0 amide bonds. The highest BCUT2D eigenvalue weighted by Crippen LogP contribution is 2.31. The molecule has 0 atom stereocenters.